The van der Waals surface area contributed by atoms with Crippen LogP contribution in [0.4, 0.5) is 0 Å². The smallest absolute Gasteiger partial charge is 0.164 e. The molecule has 0 fully saturated rings. The lowest BCUT2D eigenvalue weighted by Crippen LogP contribution is -2.12. The zero-order chi connectivity index (χ0) is 6.10. The zero-order valence-corrected chi connectivity index (χ0v) is 4.95. The van der Waals surface area contributed by atoms with Gasteiger partial charge in [0.2, 0.25) is 0 Å². The molecule has 0 unspecified atom stereocenters. The quantitative estimate of drug-likeness (QED) is 0.477. The van der Waals surface area contributed by atoms with Crippen molar-refractivity contribution in [3.8, 4) is 0 Å². The molecule has 0 radical (unpaired) electrons. The number of nitrogens with zero attached hydrogens (tertiary/aromatic N) is 1. The predicted molar refractivity (Wildman–Crippen MR) is 34.2 cm³/mol. The third-order valence-electron chi connectivity index (χ3n) is 1.39. The summed E-state index contributed by atoms with van der Waals surface area (Å²) in [6, 6.07) is 0. The van der Waals surface area contributed by atoms with Gasteiger partial charge in [0, 0.05) is 6.20 Å². The average Bonchev–Trinajstić information content (AvgIpc) is 2.33. The molecule has 0 atom stereocenters. The van der Waals surface area contributed by atoms with Crippen molar-refractivity contribution in [1.82, 2.24) is 4.90 Å². The Labute approximate surface area is 53.7 Å². The first kappa shape index (κ1) is 4.68. The Morgan fingerprint density at radius 1 is 1.44 bits per heavy atom. The van der Waals surface area contributed by atoms with Gasteiger partial charge >= 0.3 is 0 Å². The van der Waals surface area contributed by atoms with E-state index in [1.165, 1.54) is 0 Å². The molecule has 0 spiro atoms. The first-order valence-electron chi connectivity index (χ1n) is 2.90. The highest BCUT2D eigenvalue weighted by Gasteiger charge is 2.11. The van der Waals surface area contributed by atoms with Crippen LogP contribution in [0.3, 0.4) is 0 Å². The fourth-order valence-corrected chi connectivity index (χ4v) is 0.917. The Hall–Kier alpha value is -1.18. The van der Waals surface area contributed by atoms with Gasteiger partial charge < -0.3 is 9.64 Å². The van der Waals surface area contributed by atoms with Gasteiger partial charge in [0.1, 0.15) is 6.26 Å². The highest BCUT2D eigenvalue weighted by molar-refractivity contribution is 5.27. The molecule has 0 aromatic rings. The SMILES string of the molecule is C1=CC2=COCN2C=C1. The van der Waals surface area contributed by atoms with Crippen LogP contribution in [0.25, 0.3) is 0 Å². The molecule has 46 valence electrons. The van der Waals surface area contributed by atoms with Crippen molar-refractivity contribution in [2.45, 2.75) is 0 Å². The monoisotopic (exact) mass is 121 g/mol. The molecule has 0 aromatic carbocycles. The molecule has 2 aliphatic rings. The minimum atomic E-state index is 0.663. The van der Waals surface area contributed by atoms with Crippen LogP contribution in [-0.2, 0) is 4.74 Å². The van der Waals surface area contributed by atoms with E-state index in [4.69, 9.17) is 4.74 Å². The van der Waals surface area contributed by atoms with Crippen LogP contribution in [0.2, 0.25) is 0 Å². The maximum atomic E-state index is 5.05. The average molecular weight is 121 g/mol. The van der Waals surface area contributed by atoms with E-state index in [0.29, 0.717) is 6.73 Å². The summed E-state index contributed by atoms with van der Waals surface area (Å²) in [4.78, 5) is 2.04. The summed E-state index contributed by atoms with van der Waals surface area (Å²) in [5.41, 5.74) is 1.14. The van der Waals surface area contributed by atoms with Crippen LogP contribution in [0, 0.1) is 0 Å². The first-order valence-corrected chi connectivity index (χ1v) is 2.90. The van der Waals surface area contributed by atoms with Crippen LogP contribution < -0.4 is 0 Å². The van der Waals surface area contributed by atoms with Gasteiger partial charge in [-0.2, -0.15) is 0 Å². The Morgan fingerprint density at radius 2 is 2.44 bits per heavy atom. The van der Waals surface area contributed by atoms with Gasteiger partial charge in [-0.25, -0.2) is 0 Å². The summed E-state index contributed by atoms with van der Waals surface area (Å²) in [6.07, 6.45) is 9.77. The van der Waals surface area contributed by atoms with E-state index >= 15 is 0 Å². The highest BCUT2D eigenvalue weighted by atomic mass is 16.5. The topological polar surface area (TPSA) is 12.5 Å². The van der Waals surface area contributed by atoms with Gasteiger partial charge in [-0.15, -0.1) is 0 Å². The van der Waals surface area contributed by atoms with Gasteiger partial charge in [-0.05, 0) is 12.2 Å². The molecule has 0 aromatic heterocycles. The lowest BCUT2D eigenvalue weighted by molar-refractivity contribution is 0.201. The molecule has 2 heteroatoms. The van der Waals surface area contributed by atoms with Gasteiger partial charge in [-0.3, -0.25) is 0 Å². The van der Waals surface area contributed by atoms with Gasteiger partial charge in [-0.1, -0.05) is 6.08 Å². The van der Waals surface area contributed by atoms with E-state index in [1.54, 1.807) is 6.26 Å². The van der Waals surface area contributed by atoms with Crippen molar-refractivity contribution in [2.75, 3.05) is 6.73 Å². The number of hydrogen-bond donors (Lipinski definition) is 0. The molecule has 0 saturated heterocycles. The molecule has 0 bridgehead atoms. The zero-order valence-electron chi connectivity index (χ0n) is 4.95. The summed E-state index contributed by atoms with van der Waals surface area (Å²) < 4.78 is 5.05. The fraction of sp³-hybridized carbons (Fsp3) is 0.143. The number of hydrogen-bond acceptors (Lipinski definition) is 2. The van der Waals surface area contributed by atoms with Crippen LogP contribution >= 0.6 is 0 Å². The highest BCUT2D eigenvalue weighted by Crippen LogP contribution is 2.16. The Bertz CT molecular complexity index is 200. The van der Waals surface area contributed by atoms with E-state index in [1.807, 2.05) is 29.3 Å². The predicted octanol–water partition coefficient (Wildman–Crippen LogP) is 1.20. The van der Waals surface area contributed by atoms with E-state index < -0.39 is 0 Å². The molecule has 2 rings (SSSR count). The minimum absolute atomic E-state index is 0.663. The summed E-state index contributed by atoms with van der Waals surface area (Å²) in [5.74, 6) is 0. The van der Waals surface area contributed by atoms with Crippen molar-refractivity contribution < 1.29 is 4.74 Å². The minimum Gasteiger partial charge on any atom is -0.478 e. The fourth-order valence-electron chi connectivity index (χ4n) is 0.917. The molecule has 0 N–H and O–H groups in total. The van der Waals surface area contributed by atoms with E-state index in [2.05, 4.69) is 0 Å². The maximum Gasteiger partial charge on any atom is 0.164 e. The normalized spacial score (nSPS) is 21.3. The molecule has 0 aliphatic carbocycles. The van der Waals surface area contributed by atoms with E-state index in [0.717, 1.165) is 5.70 Å². The Morgan fingerprint density at radius 3 is 3.33 bits per heavy atom. The summed E-state index contributed by atoms with van der Waals surface area (Å²) >= 11 is 0. The maximum absolute atomic E-state index is 5.05. The number of allylic oxidation sites excluding steroid dienone is 3. The third kappa shape index (κ3) is 0.633. The first-order chi connectivity index (χ1) is 4.47. The Kier molecular flexibility index (Phi) is 0.859. The number of ether oxygens (including phenoxy) is 1. The molecule has 2 nitrogen and oxygen atoms in total. The molecular formula is C7H7NO. The third-order valence-corrected chi connectivity index (χ3v) is 1.39. The molecule has 0 amide bonds. The second-order valence-electron chi connectivity index (χ2n) is 2.01. The van der Waals surface area contributed by atoms with E-state index in [9.17, 15) is 0 Å². The van der Waals surface area contributed by atoms with Crippen molar-refractivity contribution in [1.29, 1.82) is 0 Å². The van der Waals surface area contributed by atoms with Crippen LogP contribution in [0.15, 0.2) is 36.4 Å². The van der Waals surface area contributed by atoms with Crippen molar-refractivity contribution in [2.24, 2.45) is 0 Å². The molecule has 9 heavy (non-hydrogen) atoms. The lowest BCUT2D eigenvalue weighted by atomic mass is 10.3. The largest absolute Gasteiger partial charge is 0.478 e. The number of rotatable bonds is 0. The standard InChI is InChI=1S/C7H7NO/c1-2-4-8-6-9-5-7(8)3-1/h1-5H,6H2. The van der Waals surface area contributed by atoms with Crippen LogP contribution in [0.5, 0.6) is 0 Å². The molecule has 0 saturated carbocycles. The van der Waals surface area contributed by atoms with Gasteiger partial charge in [0.15, 0.2) is 6.73 Å². The van der Waals surface area contributed by atoms with Crippen LogP contribution in [-0.4, -0.2) is 11.6 Å². The second-order valence-corrected chi connectivity index (χ2v) is 2.01. The molecule has 2 heterocycles. The molecular weight excluding hydrogens is 114 g/mol. The summed E-state index contributed by atoms with van der Waals surface area (Å²) in [5, 5.41) is 0. The summed E-state index contributed by atoms with van der Waals surface area (Å²) in [6.45, 7) is 0.663. The van der Waals surface area contributed by atoms with E-state index in [-0.39, 0.29) is 0 Å². The molecule has 2 aliphatic heterocycles. The van der Waals surface area contributed by atoms with Crippen molar-refractivity contribution in [3.63, 3.8) is 0 Å². The Balaban J connectivity index is 2.33. The van der Waals surface area contributed by atoms with Crippen molar-refractivity contribution in [3.05, 3.63) is 36.4 Å². The second kappa shape index (κ2) is 1.65. The van der Waals surface area contributed by atoms with Gasteiger partial charge in [0.25, 0.3) is 0 Å². The summed E-state index contributed by atoms with van der Waals surface area (Å²) in [7, 11) is 0. The lowest BCUT2D eigenvalue weighted by Gasteiger charge is -2.13. The van der Waals surface area contributed by atoms with Gasteiger partial charge in [0.05, 0.1) is 5.70 Å². The number of fused-ring (bicyclic) bond motifs is 1. The van der Waals surface area contributed by atoms with Crippen LogP contribution in [0.1, 0.15) is 0 Å². The van der Waals surface area contributed by atoms with Crippen molar-refractivity contribution >= 4 is 0 Å².